The fourth-order valence-corrected chi connectivity index (χ4v) is 2.52. The summed E-state index contributed by atoms with van der Waals surface area (Å²) >= 11 is 3.43. The minimum atomic E-state index is 0.702. The number of nitrogens with zero attached hydrogens (tertiary/aromatic N) is 5. The van der Waals surface area contributed by atoms with Crippen molar-refractivity contribution >= 4 is 21.7 Å². The molecule has 0 aliphatic rings. The highest BCUT2D eigenvalue weighted by molar-refractivity contribution is 9.10. The smallest absolute Gasteiger partial charge is 0.157 e. The first kappa shape index (κ1) is 13.9. The minimum Gasteiger partial charge on any atom is -0.370 e. The molecule has 0 fully saturated rings. The Hall–Kier alpha value is -1.50. The highest BCUT2D eigenvalue weighted by Gasteiger charge is 2.18. The maximum atomic E-state index is 4.42. The molecule has 19 heavy (non-hydrogen) atoms. The Morgan fingerprint density at radius 2 is 2.11 bits per heavy atom. The summed E-state index contributed by atoms with van der Waals surface area (Å²) in [5.41, 5.74) is 2.87. The van der Waals surface area contributed by atoms with Crippen LogP contribution in [-0.2, 0) is 13.5 Å². The van der Waals surface area contributed by atoms with Crippen LogP contribution in [0, 0.1) is 0 Å². The van der Waals surface area contributed by atoms with E-state index in [1.807, 2.05) is 7.05 Å². The SMILES string of the molecule is CCCc1c(NCC)ncnc1-c1c(Br)nnn1C. The van der Waals surface area contributed by atoms with E-state index in [2.05, 4.69) is 55.4 Å². The predicted octanol–water partition coefficient (Wildman–Crippen LogP) is 2.42. The van der Waals surface area contributed by atoms with E-state index in [0.29, 0.717) is 4.60 Å². The van der Waals surface area contributed by atoms with Crippen LogP contribution < -0.4 is 5.32 Å². The highest BCUT2D eigenvalue weighted by Crippen LogP contribution is 2.30. The van der Waals surface area contributed by atoms with E-state index in [9.17, 15) is 0 Å². The third kappa shape index (κ3) is 2.75. The summed E-state index contributed by atoms with van der Waals surface area (Å²) in [4.78, 5) is 8.75. The Kier molecular flexibility index (Phi) is 4.47. The van der Waals surface area contributed by atoms with Gasteiger partial charge in [-0.15, -0.1) is 5.10 Å². The second-order valence-electron chi connectivity index (χ2n) is 4.18. The zero-order chi connectivity index (χ0) is 13.8. The average molecular weight is 325 g/mol. The Labute approximate surface area is 120 Å². The molecule has 1 N–H and O–H groups in total. The Morgan fingerprint density at radius 3 is 2.68 bits per heavy atom. The third-order valence-corrected chi connectivity index (χ3v) is 3.33. The number of hydrogen-bond donors (Lipinski definition) is 1. The summed E-state index contributed by atoms with van der Waals surface area (Å²) in [6.07, 6.45) is 3.52. The molecule has 2 rings (SSSR count). The lowest BCUT2D eigenvalue weighted by Crippen LogP contribution is -2.08. The number of anilines is 1. The quantitative estimate of drug-likeness (QED) is 0.914. The summed E-state index contributed by atoms with van der Waals surface area (Å²) in [6.45, 7) is 5.03. The van der Waals surface area contributed by atoms with Gasteiger partial charge in [-0.25, -0.2) is 14.6 Å². The highest BCUT2D eigenvalue weighted by atomic mass is 79.9. The van der Waals surface area contributed by atoms with Crippen LogP contribution in [0.4, 0.5) is 5.82 Å². The Balaban J connectivity index is 2.59. The van der Waals surface area contributed by atoms with E-state index in [4.69, 9.17) is 0 Å². The molecule has 2 aromatic heterocycles. The molecule has 0 aliphatic heterocycles. The van der Waals surface area contributed by atoms with E-state index < -0.39 is 0 Å². The van der Waals surface area contributed by atoms with Crippen molar-refractivity contribution in [2.45, 2.75) is 26.7 Å². The van der Waals surface area contributed by atoms with Gasteiger partial charge < -0.3 is 5.32 Å². The first-order chi connectivity index (χ1) is 9.19. The summed E-state index contributed by atoms with van der Waals surface area (Å²) in [5.74, 6) is 0.891. The van der Waals surface area contributed by atoms with Gasteiger partial charge in [-0.1, -0.05) is 18.6 Å². The van der Waals surface area contributed by atoms with E-state index in [0.717, 1.165) is 42.2 Å². The van der Waals surface area contributed by atoms with Crippen LogP contribution in [-0.4, -0.2) is 31.5 Å². The van der Waals surface area contributed by atoms with Crippen LogP contribution in [0.2, 0.25) is 0 Å². The molecule has 0 atom stereocenters. The minimum absolute atomic E-state index is 0.702. The van der Waals surface area contributed by atoms with Crippen LogP contribution in [0.3, 0.4) is 0 Å². The number of aromatic nitrogens is 5. The fraction of sp³-hybridized carbons (Fsp3) is 0.500. The van der Waals surface area contributed by atoms with Crippen LogP contribution in [0.15, 0.2) is 10.9 Å². The molecule has 0 radical (unpaired) electrons. The van der Waals surface area contributed by atoms with Crippen molar-refractivity contribution < 1.29 is 0 Å². The van der Waals surface area contributed by atoms with Gasteiger partial charge in [-0.05, 0) is 29.3 Å². The number of halogens is 1. The number of aryl methyl sites for hydroxylation is 1. The van der Waals surface area contributed by atoms with Crippen LogP contribution >= 0.6 is 15.9 Å². The lowest BCUT2D eigenvalue weighted by molar-refractivity contribution is 0.717. The van der Waals surface area contributed by atoms with Crippen molar-refractivity contribution in [3.05, 3.63) is 16.5 Å². The maximum Gasteiger partial charge on any atom is 0.157 e. The van der Waals surface area contributed by atoms with Gasteiger partial charge in [0.2, 0.25) is 0 Å². The Bertz CT molecular complexity index is 546. The molecule has 0 bridgehead atoms. The molecule has 0 unspecified atom stereocenters. The molecule has 0 spiro atoms. The predicted molar refractivity (Wildman–Crippen MR) is 77.9 cm³/mol. The summed E-state index contributed by atoms with van der Waals surface area (Å²) in [5, 5.41) is 11.3. The number of nitrogens with one attached hydrogen (secondary N) is 1. The monoisotopic (exact) mass is 324 g/mol. The van der Waals surface area contributed by atoms with E-state index in [1.165, 1.54) is 0 Å². The van der Waals surface area contributed by atoms with Crippen LogP contribution in [0.25, 0.3) is 11.4 Å². The number of hydrogen-bond acceptors (Lipinski definition) is 5. The zero-order valence-electron chi connectivity index (χ0n) is 11.3. The van der Waals surface area contributed by atoms with E-state index >= 15 is 0 Å². The van der Waals surface area contributed by atoms with E-state index in [1.54, 1.807) is 11.0 Å². The lowest BCUT2D eigenvalue weighted by Gasteiger charge is -2.13. The van der Waals surface area contributed by atoms with Crippen molar-refractivity contribution in [3.63, 3.8) is 0 Å². The van der Waals surface area contributed by atoms with Gasteiger partial charge >= 0.3 is 0 Å². The van der Waals surface area contributed by atoms with E-state index in [-0.39, 0.29) is 0 Å². The first-order valence-electron chi connectivity index (χ1n) is 6.32. The molecule has 0 amide bonds. The zero-order valence-corrected chi connectivity index (χ0v) is 12.9. The Morgan fingerprint density at radius 1 is 1.32 bits per heavy atom. The standard InChI is InChI=1S/C12H17BrN6/c1-4-6-8-9(10-11(13)17-18-19(10)3)15-7-16-12(8)14-5-2/h7H,4-6H2,1-3H3,(H,14,15,16). The van der Waals surface area contributed by atoms with Gasteiger partial charge in [0.1, 0.15) is 17.8 Å². The van der Waals surface area contributed by atoms with Crippen molar-refractivity contribution in [2.75, 3.05) is 11.9 Å². The summed E-state index contributed by atoms with van der Waals surface area (Å²) in [6, 6.07) is 0. The molecule has 7 heteroatoms. The fourth-order valence-electron chi connectivity index (χ4n) is 2.01. The van der Waals surface area contributed by atoms with Gasteiger partial charge in [0.05, 0.1) is 5.69 Å². The second-order valence-corrected chi connectivity index (χ2v) is 4.93. The first-order valence-corrected chi connectivity index (χ1v) is 7.11. The lowest BCUT2D eigenvalue weighted by atomic mass is 10.1. The van der Waals surface area contributed by atoms with Crippen molar-refractivity contribution in [2.24, 2.45) is 7.05 Å². The topological polar surface area (TPSA) is 68.5 Å². The van der Waals surface area contributed by atoms with Crippen LogP contribution in [0.5, 0.6) is 0 Å². The number of rotatable bonds is 5. The molecule has 102 valence electrons. The average Bonchev–Trinajstić information content (AvgIpc) is 2.72. The van der Waals surface area contributed by atoms with Crippen molar-refractivity contribution in [3.8, 4) is 11.4 Å². The molecule has 0 saturated carbocycles. The largest absolute Gasteiger partial charge is 0.370 e. The molecule has 2 heterocycles. The molecule has 0 aliphatic carbocycles. The third-order valence-electron chi connectivity index (χ3n) is 2.80. The van der Waals surface area contributed by atoms with Crippen LogP contribution in [0.1, 0.15) is 25.8 Å². The van der Waals surface area contributed by atoms with Crippen molar-refractivity contribution in [1.82, 2.24) is 25.0 Å². The van der Waals surface area contributed by atoms with Gasteiger partial charge in [-0.3, -0.25) is 0 Å². The van der Waals surface area contributed by atoms with Gasteiger partial charge in [0.25, 0.3) is 0 Å². The summed E-state index contributed by atoms with van der Waals surface area (Å²) in [7, 11) is 1.86. The van der Waals surface area contributed by atoms with Crippen molar-refractivity contribution in [1.29, 1.82) is 0 Å². The molecule has 6 nitrogen and oxygen atoms in total. The van der Waals surface area contributed by atoms with Gasteiger partial charge in [0, 0.05) is 19.2 Å². The molecule has 0 saturated heterocycles. The molecular formula is C12H17BrN6. The molecular weight excluding hydrogens is 308 g/mol. The second kappa shape index (κ2) is 6.10. The maximum absolute atomic E-state index is 4.42. The van der Waals surface area contributed by atoms with Gasteiger partial charge in [0.15, 0.2) is 4.60 Å². The molecule has 0 aromatic carbocycles. The normalized spacial score (nSPS) is 10.7. The summed E-state index contributed by atoms with van der Waals surface area (Å²) < 4.78 is 2.43. The van der Waals surface area contributed by atoms with Gasteiger partial charge in [-0.2, -0.15) is 0 Å². The molecule has 2 aromatic rings.